The molecule has 3 aromatic rings. The largest absolute Gasteiger partial charge is 0.481 e. The van der Waals surface area contributed by atoms with Gasteiger partial charge in [0.25, 0.3) is 0 Å². The lowest BCUT2D eigenvalue weighted by Crippen LogP contribution is -2.38. The standard InChI is InChI=1S/C23H21F3N4O2/c1-4-5-23(2,3)18(9-19(31)32)29-22-17(26)6-12(10-27)20(30-22)15-11-28-21-14(15)7-13(24)8-16(21)25/h4,6-8,11,18,28H,1,5,9H2,2-3H3,(H,29,30)(H,31,32). The minimum atomic E-state index is -1.09. The minimum Gasteiger partial charge on any atom is -0.481 e. The van der Waals surface area contributed by atoms with E-state index in [4.69, 9.17) is 0 Å². The number of anilines is 1. The molecule has 0 saturated carbocycles. The molecule has 2 heterocycles. The summed E-state index contributed by atoms with van der Waals surface area (Å²) in [5.41, 5.74) is -0.531. The van der Waals surface area contributed by atoms with Crippen LogP contribution >= 0.6 is 0 Å². The maximum atomic E-state index is 14.8. The zero-order valence-electron chi connectivity index (χ0n) is 17.5. The average molecular weight is 442 g/mol. The van der Waals surface area contributed by atoms with Crippen LogP contribution in [0.3, 0.4) is 0 Å². The van der Waals surface area contributed by atoms with E-state index in [1.54, 1.807) is 6.08 Å². The topological polar surface area (TPSA) is 102 Å². The molecule has 0 saturated heterocycles. The number of carboxylic acid groups (broad SMARTS) is 1. The minimum absolute atomic E-state index is 0.00301. The third-order valence-electron chi connectivity index (χ3n) is 5.36. The van der Waals surface area contributed by atoms with E-state index in [0.717, 1.165) is 18.2 Å². The molecule has 6 nitrogen and oxygen atoms in total. The van der Waals surface area contributed by atoms with Gasteiger partial charge >= 0.3 is 5.97 Å². The number of carboxylic acids is 1. The summed E-state index contributed by atoms with van der Waals surface area (Å²) in [5, 5.41) is 21.8. The predicted molar refractivity (Wildman–Crippen MR) is 114 cm³/mol. The van der Waals surface area contributed by atoms with E-state index < -0.39 is 34.9 Å². The number of carbonyl (C=O) groups is 1. The Morgan fingerprint density at radius 3 is 2.69 bits per heavy atom. The van der Waals surface area contributed by atoms with E-state index in [9.17, 15) is 28.3 Å². The number of pyridine rings is 1. The zero-order valence-corrected chi connectivity index (χ0v) is 17.5. The highest BCUT2D eigenvalue weighted by Gasteiger charge is 2.32. The van der Waals surface area contributed by atoms with Crippen molar-refractivity contribution in [2.45, 2.75) is 32.7 Å². The van der Waals surface area contributed by atoms with Gasteiger partial charge < -0.3 is 15.4 Å². The fraction of sp³-hybridized carbons (Fsp3) is 0.261. The summed E-state index contributed by atoms with van der Waals surface area (Å²) in [7, 11) is 0. The molecule has 0 amide bonds. The summed E-state index contributed by atoms with van der Waals surface area (Å²) in [6.45, 7) is 7.30. The van der Waals surface area contributed by atoms with E-state index in [0.29, 0.717) is 6.42 Å². The van der Waals surface area contributed by atoms with Crippen LogP contribution < -0.4 is 5.32 Å². The molecular formula is C23H21F3N4O2. The van der Waals surface area contributed by atoms with E-state index in [1.165, 1.54) is 6.20 Å². The summed E-state index contributed by atoms with van der Waals surface area (Å²) in [6, 6.07) is 3.88. The SMILES string of the molecule is C=CCC(C)(C)C(CC(=O)O)Nc1nc(-c2c[nH]c3c(F)cc(F)cc23)c(C#N)cc1F. The lowest BCUT2D eigenvalue weighted by atomic mass is 9.79. The smallest absolute Gasteiger partial charge is 0.305 e. The average Bonchev–Trinajstić information content (AvgIpc) is 3.12. The van der Waals surface area contributed by atoms with Crippen LogP contribution in [-0.4, -0.2) is 27.1 Å². The van der Waals surface area contributed by atoms with Crippen molar-refractivity contribution in [2.75, 3.05) is 5.32 Å². The molecule has 32 heavy (non-hydrogen) atoms. The molecule has 166 valence electrons. The second kappa shape index (κ2) is 8.75. The van der Waals surface area contributed by atoms with Gasteiger partial charge in [-0.2, -0.15) is 5.26 Å². The van der Waals surface area contributed by atoms with Gasteiger partial charge in [0.05, 0.1) is 23.2 Å². The fourth-order valence-electron chi connectivity index (χ4n) is 3.61. The predicted octanol–water partition coefficient (Wildman–Crippen LogP) is 5.38. The Morgan fingerprint density at radius 1 is 1.34 bits per heavy atom. The molecule has 2 aromatic heterocycles. The molecule has 0 aliphatic heterocycles. The Labute approximate surface area is 182 Å². The second-order valence-electron chi connectivity index (χ2n) is 8.12. The molecule has 3 rings (SSSR count). The number of aromatic amines is 1. The van der Waals surface area contributed by atoms with Crippen LogP contribution in [0.5, 0.6) is 0 Å². The van der Waals surface area contributed by atoms with Crippen LogP contribution in [0.1, 0.15) is 32.3 Å². The first-order chi connectivity index (χ1) is 15.1. The number of hydrogen-bond acceptors (Lipinski definition) is 4. The molecule has 0 aliphatic carbocycles. The Balaban J connectivity index is 2.14. The molecule has 0 radical (unpaired) electrons. The summed E-state index contributed by atoms with van der Waals surface area (Å²) >= 11 is 0. The number of nitrogens with zero attached hydrogens (tertiary/aromatic N) is 2. The first-order valence-corrected chi connectivity index (χ1v) is 9.73. The molecule has 0 spiro atoms. The molecule has 1 aromatic carbocycles. The van der Waals surface area contributed by atoms with Crippen molar-refractivity contribution in [3.63, 3.8) is 0 Å². The van der Waals surface area contributed by atoms with Crippen molar-refractivity contribution in [3.05, 3.63) is 60.1 Å². The molecule has 3 N–H and O–H groups in total. The van der Waals surface area contributed by atoms with Gasteiger partial charge in [-0.3, -0.25) is 4.79 Å². The molecule has 1 atom stereocenters. The summed E-state index contributed by atoms with van der Waals surface area (Å²) in [6.07, 6.45) is 3.12. The number of fused-ring (bicyclic) bond motifs is 1. The van der Waals surface area contributed by atoms with Gasteiger partial charge in [0.15, 0.2) is 11.6 Å². The Morgan fingerprint density at radius 2 is 2.06 bits per heavy atom. The van der Waals surface area contributed by atoms with Crippen molar-refractivity contribution in [1.82, 2.24) is 9.97 Å². The maximum absolute atomic E-state index is 14.8. The van der Waals surface area contributed by atoms with Crippen LogP contribution in [0.15, 0.2) is 37.1 Å². The highest BCUT2D eigenvalue weighted by molar-refractivity contribution is 5.96. The van der Waals surface area contributed by atoms with Gasteiger partial charge in [0.2, 0.25) is 0 Å². The summed E-state index contributed by atoms with van der Waals surface area (Å²) in [4.78, 5) is 18.3. The third-order valence-corrected chi connectivity index (χ3v) is 5.36. The van der Waals surface area contributed by atoms with Crippen molar-refractivity contribution < 1.29 is 23.1 Å². The lowest BCUT2D eigenvalue weighted by Gasteiger charge is -2.34. The van der Waals surface area contributed by atoms with Crippen LogP contribution in [0.25, 0.3) is 22.2 Å². The number of aliphatic carboxylic acids is 1. The third kappa shape index (κ3) is 4.44. The summed E-state index contributed by atoms with van der Waals surface area (Å²) < 4.78 is 42.7. The fourth-order valence-corrected chi connectivity index (χ4v) is 3.61. The van der Waals surface area contributed by atoms with Crippen LogP contribution in [0, 0.1) is 34.2 Å². The second-order valence-corrected chi connectivity index (χ2v) is 8.12. The highest BCUT2D eigenvalue weighted by Crippen LogP contribution is 2.35. The van der Waals surface area contributed by atoms with Crippen LogP contribution in [0.2, 0.25) is 0 Å². The van der Waals surface area contributed by atoms with Crippen molar-refractivity contribution in [1.29, 1.82) is 5.26 Å². The zero-order chi connectivity index (χ0) is 23.6. The number of halogens is 3. The highest BCUT2D eigenvalue weighted by atomic mass is 19.1. The van der Waals surface area contributed by atoms with E-state index >= 15 is 0 Å². The Hall–Kier alpha value is -3.80. The number of hydrogen-bond donors (Lipinski definition) is 3. The number of nitriles is 1. The van der Waals surface area contributed by atoms with E-state index in [1.807, 2.05) is 19.9 Å². The molecule has 0 bridgehead atoms. The van der Waals surface area contributed by atoms with Crippen LogP contribution in [-0.2, 0) is 4.79 Å². The number of benzene rings is 1. The van der Waals surface area contributed by atoms with Gasteiger partial charge in [0, 0.05) is 29.3 Å². The van der Waals surface area contributed by atoms with Gasteiger partial charge in [-0.25, -0.2) is 18.2 Å². The van der Waals surface area contributed by atoms with E-state index in [2.05, 4.69) is 21.9 Å². The van der Waals surface area contributed by atoms with E-state index in [-0.39, 0.29) is 40.0 Å². The van der Waals surface area contributed by atoms with Gasteiger partial charge in [-0.1, -0.05) is 19.9 Å². The normalized spacial score (nSPS) is 12.4. The first kappa shape index (κ1) is 22.9. The number of aromatic nitrogens is 2. The monoisotopic (exact) mass is 442 g/mol. The summed E-state index contributed by atoms with van der Waals surface area (Å²) in [5.74, 6) is -3.85. The molecule has 9 heteroatoms. The maximum Gasteiger partial charge on any atom is 0.305 e. The lowest BCUT2D eigenvalue weighted by molar-refractivity contribution is -0.137. The molecule has 0 aliphatic rings. The first-order valence-electron chi connectivity index (χ1n) is 9.73. The van der Waals surface area contributed by atoms with Gasteiger partial charge in [-0.05, 0) is 24.0 Å². The number of nitrogens with one attached hydrogen (secondary N) is 2. The van der Waals surface area contributed by atoms with Crippen molar-refractivity contribution in [2.24, 2.45) is 5.41 Å². The number of allylic oxidation sites excluding steroid dienone is 1. The van der Waals surface area contributed by atoms with Gasteiger partial charge in [-0.15, -0.1) is 6.58 Å². The Kier molecular flexibility index (Phi) is 6.25. The molecule has 1 unspecified atom stereocenters. The Bertz CT molecular complexity index is 1240. The van der Waals surface area contributed by atoms with Crippen molar-refractivity contribution >= 4 is 22.7 Å². The number of H-pyrrole nitrogens is 1. The number of rotatable bonds is 8. The van der Waals surface area contributed by atoms with Gasteiger partial charge in [0.1, 0.15) is 17.7 Å². The quantitative estimate of drug-likeness (QED) is 0.407. The van der Waals surface area contributed by atoms with Crippen molar-refractivity contribution in [3.8, 4) is 17.3 Å². The molecular weight excluding hydrogens is 421 g/mol. The van der Waals surface area contributed by atoms with Crippen LogP contribution in [0.4, 0.5) is 19.0 Å². The molecule has 0 fully saturated rings.